The molecule has 0 saturated heterocycles. The third-order valence-electron chi connectivity index (χ3n) is 6.27. The molecule has 1 atom stereocenters. The first-order valence-corrected chi connectivity index (χ1v) is 10.8. The molecule has 1 unspecified atom stereocenters. The summed E-state index contributed by atoms with van der Waals surface area (Å²) in [6.07, 6.45) is 0.495. The number of hydrogen-bond acceptors (Lipinski definition) is 2. The second-order valence-electron chi connectivity index (χ2n) is 8.58. The van der Waals surface area contributed by atoms with Crippen molar-refractivity contribution in [1.29, 1.82) is 0 Å². The summed E-state index contributed by atoms with van der Waals surface area (Å²) in [4.78, 5) is 14.1. The Labute approximate surface area is 211 Å². The Balaban J connectivity index is 0.00000245. The van der Waals surface area contributed by atoms with E-state index in [2.05, 4.69) is 80.6 Å². The van der Waals surface area contributed by atoms with Crippen LogP contribution in [0.3, 0.4) is 0 Å². The number of aliphatic carboxylic acids is 1. The monoisotopic (exact) mass is 431 g/mol. The summed E-state index contributed by atoms with van der Waals surface area (Å²) in [6, 6.07) is 28.7. The molecule has 0 amide bonds. The molecule has 0 spiro atoms. The van der Waals surface area contributed by atoms with E-state index in [1.807, 2.05) is 23.1 Å². The quantitative estimate of drug-likeness (QED) is 0.395. The van der Waals surface area contributed by atoms with Gasteiger partial charge in [-0.05, 0) is 63.2 Å². The normalized spacial score (nSPS) is 15.0. The number of carboxylic acid groups (broad SMARTS) is 1. The number of nitrogens with zero attached hydrogens (tertiary/aromatic N) is 1. The zero-order valence-electron chi connectivity index (χ0n) is 17.7. The second kappa shape index (κ2) is 9.11. The Bertz CT molecular complexity index is 1280. The van der Waals surface area contributed by atoms with Gasteiger partial charge in [0, 0.05) is 17.8 Å². The van der Waals surface area contributed by atoms with Crippen LogP contribution in [-0.2, 0) is 11.2 Å². The van der Waals surface area contributed by atoms with Gasteiger partial charge in [0.25, 0.3) is 0 Å². The van der Waals surface area contributed by atoms with Gasteiger partial charge in [-0.2, -0.15) is 0 Å². The van der Waals surface area contributed by atoms with Gasteiger partial charge < -0.3 is 10.0 Å². The molecule has 32 heavy (non-hydrogen) atoms. The molecule has 4 aromatic carbocycles. The van der Waals surface area contributed by atoms with Gasteiger partial charge in [0.15, 0.2) is 0 Å². The van der Waals surface area contributed by atoms with Crippen LogP contribution in [0.15, 0.2) is 84.9 Å². The van der Waals surface area contributed by atoms with Crippen LogP contribution in [-0.4, -0.2) is 46.7 Å². The van der Waals surface area contributed by atoms with E-state index in [0.717, 1.165) is 38.8 Å². The molecule has 0 saturated carbocycles. The number of benzene rings is 4. The van der Waals surface area contributed by atoms with Gasteiger partial charge in [-0.3, -0.25) is 0 Å². The second-order valence-corrected chi connectivity index (χ2v) is 8.58. The first-order chi connectivity index (χ1) is 15.0. The van der Waals surface area contributed by atoms with Crippen LogP contribution < -0.4 is 4.90 Å². The van der Waals surface area contributed by atoms with Crippen molar-refractivity contribution in [3.63, 3.8) is 0 Å². The molecule has 0 aliphatic carbocycles. The average molecular weight is 432 g/mol. The number of rotatable bonds is 4. The van der Waals surface area contributed by atoms with Gasteiger partial charge in [0.2, 0.25) is 0 Å². The maximum atomic E-state index is 12.1. The minimum absolute atomic E-state index is 0. The number of hydrogen-bond donors (Lipinski definition) is 1. The van der Waals surface area contributed by atoms with Gasteiger partial charge >= 0.3 is 35.5 Å². The molecule has 5 rings (SSSR count). The van der Waals surface area contributed by atoms with Gasteiger partial charge in [-0.15, -0.1) is 0 Å². The molecule has 0 radical (unpaired) electrons. The number of anilines is 2. The van der Waals surface area contributed by atoms with E-state index in [1.54, 1.807) is 0 Å². The molecular weight excluding hydrogens is 405 g/mol. The SMILES string of the molecule is CC(C)c1ccc(-c2ccc3c(c2)CC(C(=O)O)N3c2ccc3ccccc3c2)cc1.[NaH]. The molecule has 1 heterocycles. The van der Waals surface area contributed by atoms with Gasteiger partial charge in [-0.1, -0.05) is 74.5 Å². The Morgan fingerprint density at radius 1 is 0.875 bits per heavy atom. The maximum absolute atomic E-state index is 12.1. The molecule has 3 nitrogen and oxygen atoms in total. The predicted octanol–water partition coefficient (Wildman–Crippen LogP) is 6.13. The molecule has 0 bridgehead atoms. The third kappa shape index (κ3) is 4.09. The predicted molar refractivity (Wildman–Crippen MR) is 134 cm³/mol. The molecule has 156 valence electrons. The Hall–Kier alpha value is -2.59. The average Bonchev–Trinajstić information content (AvgIpc) is 3.18. The van der Waals surface area contributed by atoms with Crippen LogP contribution in [0.4, 0.5) is 11.4 Å². The number of carboxylic acids is 1. The summed E-state index contributed by atoms with van der Waals surface area (Å²) in [5, 5.41) is 12.2. The van der Waals surface area contributed by atoms with Crippen molar-refractivity contribution < 1.29 is 9.90 Å². The summed E-state index contributed by atoms with van der Waals surface area (Å²) < 4.78 is 0. The Morgan fingerprint density at radius 3 is 2.25 bits per heavy atom. The summed E-state index contributed by atoms with van der Waals surface area (Å²) in [5.74, 6) is -0.298. The van der Waals surface area contributed by atoms with Crippen LogP contribution in [0.1, 0.15) is 30.9 Å². The molecule has 0 aromatic heterocycles. The minimum atomic E-state index is -0.799. The zero-order valence-corrected chi connectivity index (χ0v) is 17.7. The van der Waals surface area contributed by atoms with Gasteiger partial charge in [0.1, 0.15) is 6.04 Å². The van der Waals surface area contributed by atoms with Crippen molar-refractivity contribution in [1.82, 2.24) is 0 Å². The van der Waals surface area contributed by atoms with Crippen molar-refractivity contribution in [2.24, 2.45) is 0 Å². The van der Waals surface area contributed by atoms with Crippen molar-refractivity contribution >= 4 is 57.7 Å². The molecule has 4 aromatic rings. The van der Waals surface area contributed by atoms with Crippen molar-refractivity contribution in [2.45, 2.75) is 32.2 Å². The summed E-state index contributed by atoms with van der Waals surface area (Å²) >= 11 is 0. The summed E-state index contributed by atoms with van der Waals surface area (Å²) in [6.45, 7) is 4.38. The standard InChI is InChI=1S/C28H25NO2.Na.H/c1-18(2)19-7-9-21(10-8-19)23-12-14-26-24(15-23)17-27(28(30)31)29(26)25-13-11-20-5-3-4-6-22(20)16-25;;/h3-16,18,27H,17H2,1-2H3,(H,30,31);;. The summed E-state index contributed by atoms with van der Waals surface area (Å²) in [5.41, 5.74) is 6.57. The molecule has 0 fully saturated rings. The number of carbonyl (C=O) groups is 1. The summed E-state index contributed by atoms with van der Waals surface area (Å²) in [7, 11) is 0. The van der Waals surface area contributed by atoms with E-state index in [1.165, 1.54) is 5.56 Å². The van der Waals surface area contributed by atoms with E-state index >= 15 is 0 Å². The van der Waals surface area contributed by atoms with Crippen LogP contribution >= 0.6 is 0 Å². The molecular formula is C28H26NNaO2. The van der Waals surface area contributed by atoms with Crippen molar-refractivity contribution in [3.05, 3.63) is 96.1 Å². The van der Waals surface area contributed by atoms with Crippen LogP contribution in [0.5, 0.6) is 0 Å². The van der Waals surface area contributed by atoms with Gasteiger partial charge in [-0.25, -0.2) is 4.79 Å². The molecule has 1 aliphatic rings. The first-order valence-electron chi connectivity index (χ1n) is 10.8. The Morgan fingerprint density at radius 2 is 1.56 bits per heavy atom. The fourth-order valence-corrected chi connectivity index (χ4v) is 4.53. The van der Waals surface area contributed by atoms with E-state index in [9.17, 15) is 9.90 Å². The van der Waals surface area contributed by atoms with Crippen molar-refractivity contribution in [3.8, 4) is 11.1 Å². The van der Waals surface area contributed by atoms with E-state index < -0.39 is 12.0 Å². The van der Waals surface area contributed by atoms with E-state index in [-0.39, 0.29) is 29.6 Å². The molecule has 1 N–H and O–H groups in total. The third-order valence-corrected chi connectivity index (χ3v) is 6.27. The molecule has 4 heteroatoms. The van der Waals surface area contributed by atoms with Crippen LogP contribution in [0.25, 0.3) is 21.9 Å². The Kier molecular flexibility index (Phi) is 6.43. The first kappa shape index (κ1) is 22.6. The van der Waals surface area contributed by atoms with E-state index in [4.69, 9.17) is 0 Å². The molecule has 1 aliphatic heterocycles. The van der Waals surface area contributed by atoms with Crippen LogP contribution in [0, 0.1) is 0 Å². The topological polar surface area (TPSA) is 40.5 Å². The van der Waals surface area contributed by atoms with Gasteiger partial charge in [0.05, 0.1) is 0 Å². The van der Waals surface area contributed by atoms with Crippen molar-refractivity contribution in [2.75, 3.05) is 4.90 Å². The van der Waals surface area contributed by atoms with E-state index in [0.29, 0.717) is 12.3 Å². The fraction of sp³-hybridized carbons (Fsp3) is 0.179. The zero-order chi connectivity index (χ0) is 21.5. The number of fused-ring (bicyclic) bond motifs is 2. The van der Waals surface area contributed by atoms with Crippen LogP contribution in [0.2, 0.25) is 0 Å². The fourth-order valence-electron chi connectivity index (χ4n) is 4.53.